The third kappa shape index (κ3) is 4.10. The van der Waals surface area contributed by atoms with Gasteiger partial charge in [-0.25, -0.2) is 13.8 Å². The highest BCUT2D eigenvalue weighted by Gasteiger charge is 2.20. The van der Waals surface area contributed by atoms with Gasteiger partial charge in [0.05, 0.1) is 24.3 Å². The number of anilines is 1. The number of allylic oxidation sites excluding steroid dienone is 4. The lowest BCUT2D eigenvalue weighted by molar-refractivity contribution is 0.0393. The van der Waals surface area contributed by atoms with Crippen molar-refractivity contribution < 1.29 is 13.5 Å². The fraction of sp³-hybridized carbons (Fsp3) is 0.350. The molecule has 0 aromatic carbocycles. The topological polar surface area (TPSA) is 93.2 Å². The van der Waals surface area contributed by atoms with E-state index in [1.165, 1.54) is 24.4 Å². The Hall–Kier alpha value is -3.11. The normalized spacial score (nSPS) is 18.8. The number of aromatic nitrogens is 3. The number of H-pyrrole nitrogens is 1. The van der Waals surface area contributed by atoms with Crippen LogP contribution in [0.2, 0.25) is 0 Å². The van der Waals surface area contributed by atoms with Gasteiger partial charge in [0.1, 0.15) is 11.5 Å². The first-order valence-electron chi connectivity index (χ1n) is 9.68. The number of rotatable bonds is 6. The molecule has 2 aromatic heterocycles. The summed E-state index contributed by atoms with van der Waals surface area (Å²) in [6, 6.07) is 1.35. The second-order valence-corrected chi connectivity index (χ2v) is 7.12. The molecule has 0 atom stereocenters. The largest absolute Gasteiger partial charge is 0.379 e. The standard InChI is InChI=1S/C20H23F2N7O/c1-28(4-5-29-6-8-30-9-7-29)20-14-11-16(22)18(25-19(14)26-27-20)15(12-23)17-10-13(21)2-3-24-17/h2-3,10-12,23-24H,4-9H2,1H3,(H,25,26,27)/b17-15+,23-12?. The summed E-state index contributed by atoms with van der Waals surface area (Å²) in [5, 5.41) is 18.2. The molecule has 0 radical (unpaired) electrons. The molecule has 2 aromatic rings. The highest BCUT2D eigenvalue weighted by Crippen LogP contribution is 2.28. The van der Waals surface area contributed by atoms with Gasteiger partial charge in [-0.2, -0.15) is 5.10 Å². The number of halogens is 2. The molecule has 1 saturated heterocycles. The molecule has 8 nitrogen and oxygen atoms in total. The van der Waals surface area contributed by atoms with Crippen LogP contribution in [0.25, 0.3) is 16.6 Å². The van der Waals surface area contributed by atoms with Crippen LogP contribution in [0.15, 0.2) is 35.9 Å². The minimum atomic E-state index is -0.608. The van der Waals surface area contributed by atoms with E-state index in [2.05, 4.69) is 25.4 Å². The highest BCUT2D eigenvalue weighted by atomic mass is 19.1. The summed E-state index contributed by atoms with van der Waals surface area (Å²) in [5.74, 6) is -0.497. The van der Waals surface area contributed by atoms with Crippen LogP contribution in [0.5, 0.6) is 0 Å². The highest BCUT2D eigenvalue weighted by molar-refractivity contribution is 6.10. The number of ether oxygens (including phenoxy) is 1. The van der Waals surface area contributed by atoms with Gasteiger partial charge in [-0.05, 0) is 18.2 Å². The van der Waals surface area contributed by atoms with Crippen molar-refractivity contribution in [2.24, 2.45) is 0 Å². The first-order valence-corrected chi connectivity index (χ1v) is 9.68. The van der Waals surface area contributed by atoms with Crippen LogP contribution >= 0.6 is 0 Å². The van der Waals surface area contributed by atoms with E-state index in [0.29, 0.717) is 16.9 Å². The summed E-state index contributed by atoms with van der Waals surface area (Å²) < 4.78 is 33.9. The van der Waals surface area contributed by atoms with E-state index in [1.54, 1.807) is 0 Å². The number of nitrogens with one attached hydrogen (secondary N) is 3. The molecule has 2 aliphatic heterocycles. The van der Waals surface area contributed by atoms with Gasteiger partial charge < -0.3 is 20.4 Å². The van der Waals surface area contributed by atoms with E-state index in [9.17, 15) is 8.78 Å². The van der Waals surface area contributed by atoms with Crippen LogP contribution in [0.4, 0.5) is 14.6 Å². The molecule has 0 saturated carbocycles. The van der Waals surface area contributed by atoms with Gasteiger partial charge in [-0.3, -0.25) is 10.00 Å². The minimum absolute atomic E-state index is 0.0504. The molecule has 1 fully saturated rings. The molecule has 3 N–H and O–H groups in total. The number of likely N-dealkylation sites (N-methyl/N-ethyl adjacent to an activating group) is 1. The van der Waals surface area contributed by atoms with Crippen molar-refractivity contribution in [3.05, 3.63) is 47.5 Å². The van der Waals surface area contributed by atoms with Crippen LogP contribution in [0.1, 0.15) is 5.69 Å². The summed E-state index contributed by atoms with van der Waals surface area (Å²) in [4.78, 5) is 8.59. The lowest BCUT2D eigenvalue weighted by atomic mass is 10.1. The molecule has 0 aliphatic carbocycles. The zero-order valence-corrected chi connectivity index (χ0v) is 16.6. The second kappa shape index (κ2) is 8.72. The summed E-state index contributed by atoms with van der Waals surface area (Å²) in [7, 11) is 1.90. The zero-order chi connectivity index (χ0) is 21.1. The van der Waals surface area contributed by atoms with Crippen molar-refractivity contribution in [3.63, 3.8) is 0 Å². The number of pyridine rings is 1. The van der Waals surface area contributed by atoms with E-state index in [1.807, 2.05) is 11.9 Å². The van der Waals surface area contributed by atoms with Crippen molar-refractivity contribution in [1.82, 2.24) is 25.4 Å². The van der Waals surface area contributed by atoms with Crippen molar-refractivity contribution >= 4 is 28.6 Å². The zero-order valence-electron chi connectivity index (χ0n) is 16.6. The smallest absolute Gasteiger partial charge is 0.159 e. The van der Waals surface area contributed by atoms with Gasteiger partial charge in [0.25, 0.3) is 0 Å². The van der Waals surface area contributed by atoms with E-state index >= 15 is 0 Å². The molecule has 0 spiro atoms. The number of hydrogen-bond acceptors (Lipinski definition) is 7. The van der Waals surface area contributed by atoms with Crippen LogP contribution in [-0.2, 0) is 4.74 Å². The second-order valence-electron chi connectivity index (χ2n) is 7.12. The van der Waals surface area contributed by atoms with Crippen LogP contribution in [-0.4, -0.2) is 72.7 Å². The summed E-state index contributed by atoms with van der Waals surface area (Å²) in [5.41, 5.74) is 0.754. The van der Waals surface area contributed by atoms with Crippen LogP contribution < -0.4 is 10.2 Å². The fourth-order valence-corrected chi connectivity index (χ4v) is 3.48. The molecule has 0 amide bonds. The Kier molecular flexibility index (Phi) is 5.86. The Morgan fingerprint density at radius 2 is 2.17 bits per heavy atom. The van der Waals surface area contributed by atoms with Gasteiger partial charge >= 0.3 is 0 Å². The van der Waals surface area contributed by atoms with Gasteiger partial charge in [-0.1, -0.05) is 0 Å². The Morgan fingerprint density at radius 3 is 2.90 bits per heavy atom. The first kappa shape index (κ1) is 20.2. The lowest BCUT2D eigenvalue weighted by Crippen LogP contribution is -2.40. The third-order valence-corrected chi connectivity index (χ3v) is 5.15. The summed E-state index contributed by atoms with van der Waals surface area (Å²) >= 11 is 0. The molecule has 4 rings (SSSR count). The molecule has 30 heavy (non-hydrogen) atoms. The van der Waals surface area contributed by atoms with Crippen LogP contribution in [0.3, 0.4) is 0 Å². The average molecular weight is 415 g/mol. The molecular formula is C20H23F2N7O. The van der Waals surface area contributed by atoms with Crippen LogP contribution in [0, 0.1) is 11.2 Å². The van der Waals surface area contributed by atoms with Crippen molar-refractivity contribution in [3.8, 4) is 0 Å². The Bertz CT molecular complexity index is 1040. The quantitative estimate of drug-likeness (QED) is 0.627. The van der Waals surface area contributed by atoms with Crippen molar-refractivity contribution in [1.29, 1.82) is 5.41 Å². The Morgan fingerprint density at radius 1 is 1.37 bits per heavy atom. The van der Waals surface area contributed by atoms with E-state index in [-0.39, 0.29) is 17.0 Å². The Balaban J connectivity index is 1.60. The van der Waals surface area contributed by atoms with Gasteiger partial charge in [0, 0.05) is 51.2 Å². The van der Waals surface area contributed by atoms with E-state index < -0.39 is 11.6 Å². The number of nitrogens with zero attached hydrogens (tertiary/aromatic N) is 4. The van der Waals surface area contributed by atoms with Gasteiger partial charge in [0.2, 0.25) is 0 Å². The molecule has 2 aliphatic rings. The number of fused-ring (bicyclic) bond motifs is 1. The molecule has 0 unspecified atom stereocenters. The number of aromatic amines is 1. The summed E-state index contributed by atoms with van der Waals surface area (Å²) in [6.07, 6.45) is 4.78. The SMILES string of the molecule is CN(CCN1CCOCC1)c1n[nH]c2nc(/C(C=N)=C3\C=C(F)C=CN3)c(F)cc12. The average Bonchev–Trinajstić information content (AvgIpc) is 3.16. The van der Waals surface area contributed by atoms with Gasteiger partial charge in [0.15, 0.2) is 17.3 Å². The number of hydrogen-bond donors (Lipinski definition) is 3. The molecule has 10 heteroatoms. The number of dihydropyridines is 1. The van der Waals surface area contributed by atoms with Crippen molar-refractivity contribution in [2.75, 3.05) is 51.3 Å². The predicted octanol–water partition coefficient (Wildman–Crippen LogP) is 2.20. The number of morpholine rings is 1. The maximum absolute atomic E-state index is 15.0. The molecular weight excluding hydrogens is 392 g/mol. The lowest BCUT2D eigenvalue weighted by Gasteiger charge is -2.28. The molecule has 0 bridgehead atoms. The van der Waals surface area contributed by atoms with E-state index in [0.717, 1.165) is 45.6 Å². The predicted molar refractivity (Wildman–Crippen MR) is 112 cm³/mol. The fourth-order valence-electron chi connectivity index (χ4n) is 3.48. The molecule has 4 heterocycles. The van der Waals surface area contributed by atoms with Gasteiger partial charge in [-0.15, -0.1) is 0 Å². The first-order chi connectivity index (χ1) is 14.6. The van der Waals surface area contributed by atoms with E-state index in [4.69, 9.17) is 10.1 Å². The molecule has 158 valence electrons. The summed E-state index contributed by atoms with van der Waals surface area (Å²) in [6.45, 7) is 4.84. The maximum Gasteiger partial charge on any atom is 0.159 e. The Labute approximate surface area is 172 Å². The maximum atomic E-state index is 15.0. The minimum Gasteiger partial charge on any atom is -0.379 e. The van der Waals surface area contributed by atoms with Crippen molar-refractivity contribution in [2.45, 2.75) is 0 Å². The monoisotopic (exact) mass is 415 g/mol. The third-order valence-electron chi connectivity index (χ3n) is 5.15.